The predicted molar refractivity (Wildman–Crippen MR) is 98.6 cm³/mol. The highest BCUT2D eigenvalue weighted by atomic mass is 32.2. The molecule has 1 N–H and O–H groups in total. The first-order chi connectivity index (χ1) is 12.2. The number of rotatable bonds is 4. The average molecular weight is 379 g/mol. The number of fused-ring (bicyclic) bond motifs is 1. The first kappa shape index (κ1) is 18.6. The van der Waals surface area contributed by atoms with Gasteiger partial charge in [0.1, 0.15) is 6.04 Å². The van der Waals surface area contributed by atoms with Gasteiger partial charge in [-0.25, -0.2) is 8.42 Å². The van der Waals surface area contributed by atoms with Crippen LogP contribution in [0.4, 0.5) is 5.69 Å². The van der Waals surface area contributed by atoms with Crippen molar-refractivity contribution in [2.45, 2.75) is 18.6 Å². The number of benzene rings is 1. The first-order valence-electron chi connectivity index (χ1n) is 8.10. The Morgan fingerprint density at radius 2 is 2.04 bits per heavy atom. The first-order valence-corrected chi connectivity index (χ1v) is 9.95. The highest BCUT2D eigenvalue weighted by Gasteiger charge is 2.41. The van der Waals surface area contributed by atoms with Crippen molar-refractivity contribution in [3.05, 3.63) is 40.8 Å². The second kappa shape index (κ2) is 6.82. The van der Waals surface area contributed by atoms with E-state index in [2.05, 4.69) is 5.32 Å². The number of nitrogens with zero attached hydrogens (tertiary/aromatic N) is 2. The molecule has 1 aromatic carbocycles. The molecule has 1 aromatic heterocycles. The van der Waals surface area contributed by atoms with Crippen molar-refractivity contribution >= 4 is 32.4 Å². The number of amides is 1. The fourth-order valence-corrected chi connectivity index (χ4v) is 4.27. The van der Waals surface area contributed by atoms with Gasteiger partial charge in [0.15, 0.2) is 0 Å². The molecule has 2 heterocycles. The minimum atomic E-state index is -3.54. The monoisotopic (exact) mass is 379 g/mol. The summed E-state index contributed by atoms with van der Waals surface area (Å²) in [4.78, 5) is 24.9. The lowest BCUT2D eigenvalue weighted by Crippen LogP contribution is -2.42. The van der Waals surface area contributed by atoms with Gasteiger partial charge in [-0.2, -0.15) is 4.31 Å². The number of sulfonamides is 1. The quantitative estimate of drug-likeness (QED) is 0.836. The van der Waals surface area contributed by atoms with Crippen LogP contribution in [0.15, 0.2) is 35.3 Å². The van der Waals surface area contributed by atoms with Crippen LogP contribution in [0.25, 0.3) is 10.8 Å². The number of hydrogen-bond acceptors (Lipinski definition) is 5. The number of ether oxygens (including phenoxy) is 1. The van der Waals surface area contributed by atoms with Crippen molar-refractivity contribution in [3.63, 3.8) is 0 Å². The molecule has 1 fully saturated rings. The second-order valence-corrected chi connectivity index (χ2v) is 8.40. The molecule has 0 bridgehead atoms. The fraction of sp³-hybridized carbons (Fsp3) is 0.412. The van der Waals surface area contributed by atoms with Crippen molar-refractivity contribution in [2.24, 2.45) is 7.05 Å². The SMILES string of the molecule is CO[C@H]1C[C@H](C(=O)Nc2ccc3ccn(C)c(=O)c3c2)N(S(C)(=O)=O)C1. The standard InChI is InChI=1S/C17H21N3O5S/c1-19-7-6-11-4-5-12(8-14(11)17(19)22)18-16(21)15-9-13(25-2)10-20(15)26(3,23)24/h4-8,13,15H,9-10H2,1-3H3,(H,18,21)/t13-,15+/m0/s1. The summed E-state index contributed by atoms with van der Waals surface area (Å²) in [7, 11) is -0.396. The van der Waals surface area contributed by atoms with E-state index in [4.69, 9.17) is 4.74 Å². The maximum Gasteiger partial charge on any atom is 0.258 e. The molecule has 0 spiro atoms. The van der Waals surface area contributed by atoms with Crippen LogP contribution in [0.2, 0.25) is 0 Å². The summed E-state index contributed by atoms with van der Waals surface area (Å²) in [5.41, 5.74) is 0.275. The van der Waals surface area contributed by atoms with Gasteiger partial charge in [0.25, 0.3) is 5.56 Å². The van der Waals surface area contributed by atoms with Gasteiger partial charge in [-0.3, -0.25) is 9.59 Å². The van der Waals surface area contributed by atoms with Crippen molar-refractivity contribution < 1.29 is 17.9 Å². The third-order valence-corrected chi connectivity index (χ3v) is 5.88. The highest BCUT2D eigenvalue weighted by molar-refractivity contribution is 7.88. The summed E-state index contributed by atoms with van der Waals surface area (Å²) < 4.78 is 31.8. The van der Waals surface area contributed by atoms with E-state index in [9.17, 15) is 18.0 Å². The van der Waals surface area contributed by atoms with Gasteiger partial charge < -0.3 is 14.6 Å². The normalized spacial score (nSPS) is 21.2. The van der Waals surface area contributed by atoms with Crippen LogP contribution in [0, 0.1) is 0 Å². The molecular formula is C17H21N3O5S. The Morgan fingerprint density at radius 3 is 2.69 bits per heavy atom. The lowest BCUT2D eigenvalue weighted by atomic mass is 10.1. The van der Waals surface area contributed by atoms with Crippen LogP contribution >= 0.6 is 0 Å². The van der Waals surface area contributed by atoms with Crippen LogP contribution in [0.5, 0.6) is 0 Å². The smallest absolute Gasteiger partial charge is 0.258 e. The number of hydrogen-bond donors (Lipinski definition) is 1. The molecule has 1 saturated heterocycles. The third-order valence-electron chi connectivity index (χ3n) is 4.63. The number of nitrogens with one attached hydrogen (secondary N) is 1. The number of aromatic nitrogens is 1. The Labute approximate surface area is 151 Å². The van der Waals surface area contributed by atoms with E-state index in [0.29, 0.717) is 11.1 Å². The second-order valence-electron chi connectivity index (χ2n) is 6.46. The van der Waals surface area contributed by atoms with Crippen LogP contribution in [-0.2, 0) is 26.6 Å². The number of methoxy groups -OCH3 is 1. The summed E-state index contributed by atoms with van der Waals surface area (Å²) in [5, 5.41) is 3.97. The molecule has 1 aliphatic heterocycles. The van der Waals surface area contributed by atoms with Crippen LogP contribution in [0.1, 0.15) is 6.42 Å². The largest absolute Gasteiger partial charge is 0.380 e. The average Bonchev–Trinajstić information content (AvgIpc) is 3.03. The molecule has 0 unspecified atom stereocenters. The lowest BCUT2D eigenvalue weighted by Gasteiger charge is -2.21. The Bertz CT molecular complexity index is 1010. The van der Waals surface area contributed by atoms with Gasteiger partial charge >= 0.3 is 0 Å². The van der Waals surface area contributed by atoms with E-state index in [1.54, 1.807) is 31.4 Å². The molecule has 9 heteroatoms. The van der Waals surface area contributed by atoms with Gasteiger partial charge in [-0.1, -0.05) is 6.07 Å². The summed E-state index contributed by atoms with van der Waals surface area (Å²) in [6.07, 6.45) is 2.70. The number of carbonyl (C=O) groups is 1. The number of aryl methyl sites for hydroxylation is 1. The molecule has 0 saturated carbocycles. The number of anilines is 1. The Balaban J connectivity index is 1.88. The zero-order chi connectivity index (χ0) is 19.1. The molecule has 3 rings (SSSR count). The van der Waals surface area contributed by atoms with E-state index in [0.717, 1.165) is 15.9 Å². The van der Waals surface area contributed by atoms with Gasteiger partial charge in [0.2, 0.25) is 15.9 Å². The molecular weight excluding hydrogens is 358 g/mol. The molecule has 0 radical (unpaired) electrons. The van der Waals surface area contributed by atoms with E-state index >= 15 is 0 Å². The minimum absolute atomic E-state index is 0.145. The molecule has 1 amide bonds. The van der Waals surface area contributed by atoms with Crippen LogP contribution < -0.4 is 10.9 Å². The molecule has 140 valence electrons. The van der Waals surface area contributed by atoms with Gasteiger partial charge in [0.05, 0.1) is 12.4 Å². The molecule has 26 heavy (non-hydrogen) atoms. The Kier molecular flexibility index (Phi) is 4.87. The molecule has 1 aliphatic rings. The molecule has 2 atom stereocenters. The molecule has 8 nitrogen and oxygen atoms in total. The Morgan fingerprint density at radius 1 is 1.31 bits per heavy atom. The van der Waals surface area contributed by atoms with E-state index in [1.165, 1.54) is 11.7 Å². The predicted octanol–water partition coefficient (Wildman–Crippen LogP) is 0.526. The zero-order valence-corrected chi connectivity index (χ0v) is 15.6. The maximum absolute atomic E-state index is 12.7. The van der Waals surface area contributed by atoms with Gasteiger partial charge in [0, 0.05) is 44.4 Å². The summed E-state index contributed by atoms with van der Waals surface area (Å²) in [6, 6.07) is 6.00. The van der Waals surface area contributed by atoms with Gasteiger partial charge in [-0.05, 0) is 23.6 Å². The van der Waals surface area contributed by atoms with Crippen molar-refractivity contribution in [1.29, 1.82) is 0 Å². The van der Waals surface area contributed by atoms with Crippen molar-refractivity contribution in [1.82, 2.24) is 8.87 Å². The highest BCUT2D eigenvalue weighted by Crippen LogP contribution is 2.24. The molecule has 2 aromatic rings. The van der Waals surface area contributed by atoms with Gasteiger partial charge in [-0.15, -0.1) is 0 Å². The minimum Gasteiger partial charge on any atom is -0.380 e. The van der Waals surface area contributed by atoms with Crippen molar-refractivity contribution in [3.8, 4) is 0 Å². The summed E-state index contributed by atoms with van der Waals surface area (Å²) in [5.74, 6) is -0.443. The van der Waals surface area contributed by atoms with E-state index < -0.39 is 22.0 Å². The van der Waals surface area contributed by atoms with E-state index in [1.807, 2.05) is 6.07 Å². The Hall–Kier alpha value is -2.23. The van der Waals surface area contributed by atoms with Crippen LogP contribution in [-0.4, -0.2) is 55.3 Å². The maximum atomic E-state index is 12.7. The lowest BCUT2D eigenvalue weighted by molar-refractivity contribution is -0.119. The van der Waals surface area contributed by atoms with Crippen LogP contribution in [0.3, 0.4) is 0 Å². The fourth-order valence-electron chi connectivity index (χ4n) is 3.18. The van der Waals surface area contributed by atoms with E-state index in [-0.39, 0.29) is 24.6 Å². The third kappa shape index (κ3) is 3.50. The van der Waals surface area contributed by atoms with Crippen molar-refractivity contribution in [2.75, 3.05) is 25.2 Å². The summed E-state index contributed by atoms with van der Waals surface area (Å²) in [6.45, 7) is 0.145. The number of pyridine rings is 1. The summed E-state index contributed by atoms with van der Waals surface area (Å²) >= 11 is 0. The number of carbonyl (C=O) groups excluding carboxylic acids is 1. The zero-order valence-electron chi connectivity index (χ0n) is 14.8. The molecule has 0 aliphatic carbocycles. The topological polar surface area (TPSA) is 97.7 Å².